The molecular weight excluding hydrogens is 484 g/mol. The van der Waals surface area contributed by atoms with E-state index >= 15 is 0 Å². The number of esters is 2. The number of rotatable bonds is 10. The maximum absolute atomic E-state index is 12.8. The topological polar surface area (TPSA) is 52.6 Å². The molecule has 4 nitrogen and oxygen atoms in total. The highest BCUT2D eigenvalue weighted by atomic mass is 16.5. The molecule has 4 aliphatic carbocycles. The Morgan fingerprint density at radius 2 is 1.54 bits per heavy atom. The van der Waals surface area contributed by atoms with Gasteiger partial charge in [-0.05, 0) is 124 Å². The van der Waals surface area contributed by atoms with Gasteiger partial charge in [0, 0.05) is 18.8 Å². The van der Waals surface area contributed by atoms with Crippen LogP contribution in [0, 0.1) is 46.3 Å². The summed E-state index contributed by atoms with van der Waals surface area (Å²) < 4.78 is 12.2. The monoisotopic (exact) mass is 542 g/mol. The van der Waals surface area contributed by atoms with Gasteiger partial charge in [0.2, 0.25) is 0 Å². The van der Waals surface area contributed by atoms with Crippen LogP contribution in [0.5, 0.6) is 0 Å². The van der Waals surface area contributed by atoms with Crippen molar-refractivity contribution in [3.05, 3.63) is 11.6 Å². The van der Waals surface area contributed by atoms with Gasteiger partial charge in [-0.3, -0.25) is 9.59 Å². The Morgan fingerprint density at radius 1 is 0.872 bits per heavy atom. The summed E-state index contributed by atoms with van der Waals surface area (Å²) in [6, 6.07) is 0. The van der Waals surface area contributed by atoms with E-state index in [0.29, 0.717) is 47.8 Å². The molecule has 0 heterocycles. The largest absolute Gasteiger partial charge is 0.462 e. The quantitative estimate of drug-likeness (QED) is 0.204. The first-order valence-corrected chi connectivity index (χ1v) is 16.6. The molecule has 0 radical (unpaired) electrons. The summed E-state index contributed by atoms with van der Waals surface area (Å²) >= 11 is 0. The van der Waals surface area contributed by atoms with Gasteiger partial charge in [-0.2, -0.15) is 0 Å². The van der Waals surface area contributed by atoms with E-state index in [2.05, 4.69) is 47.6 Å². The third-order valence-corrected chi connectivity index (χ3v) is 11.8. The fourth-order valence-electron chi connectivity index (χ4n) is 9.90. The number of allylic oxidation sites excluding steroid dienone is 1. The van der Waals surface area contributed by atoms with E-state index in [9.17, 15) is 9.59 Å². The Bertz CT molecular complexity index is 891. The van der Waals surface area contributed by atoms with E-state index in [4.69, 9.17) is 9.47 Å². The van der Waals surface area contributed by atoms with Gasteiger partial charge in [0.1, 0.15) is 12.2 Å². The van der Waals surface area contributed by atoms with E-state index in [0.717, 1.165) is 44.4 Å². The predicted octanol–water partition coefficient (Wildman–Crippen LogP) is 9.06. The van der Waals surface area contributed by atoms with Crippen LogP contribution in [0.1, 0.15) is 138 Å². The maximum Gasteiger partial charge on any atom is 0.306 e. The molecule has 0 bridgehead atoms. The minimum atomic E-state index is -0.00861. The van der Waals surface area contributed by atoms with Crippen molar-refractivity contribution in [1.29, 1.82) is 0 Å². The van der Waals surface area contributed by atoms with Gasteiger partial charge in [0.15, 0.2) is 0 Å². The van der Waals surface area contributed by atoms with Crippen LogP contribution in [0.3, 0.4) is 0 Å². The lowest BCUT2D eigenvalue weighted by Crippen LogP contribution is -2.54. The zero-order valence-electron chi connectivity index (χ0n) is 26.2. The van der Waals surface area contributed by atoms with Crippen molar-refractivity contribution in [3.63, 3.8) is 0 Å². The highest BCUT2D eigenvalue weighted by Crippen LogP contribution is 2.68. The molecule has 0 N–H and O–H groups in total. The fraction of sp³-hybridized carbons (Fsp3) is 0.886. The first-order valence-electron chi connectivity index (χ1n) is 16.6. The molecule has 9 atom stereocenters. The molecule has 4 aliphatic rings. The first kappa shape index (κ1) is 30.6. The van der Waals surface area contributed by atoms with Crippen LogP contribution in [0.4, 0.5) is 0 Å². The number of carbonyl (C=O) groups is 2. The molecule has 0 aromatic carbocycles. The van der Waals surface area contributed by atoms with Crippen LogP contribution in [-0.4, -0.2) is 24.1 Å². The molecule has 39 heavy (non-hydrogen) atoms. The van der Waals surface area contributed by atoms with Gasteiger partial charge < -0.3 is 9.47 Å². The molecule has 4 fully saturated rings. The molecule has 1 unspecified atom stereocenters. The molecule has 222 valence electrons. The summed E-state index contributed by atoms with van der Waals surface area (Å²) in [5, 5.41) is 0. The Hall–Kier alpha value is -1.32. The minimum absolute atomic E-state index is 0.00658. The number of fused-ring (bicyclic) bond motifs is 5. The molecule has 4 rings (SSSR count). The molecule has 4 saturated carbocycles. The summed E-state index contributed by atoms with van der Waals surface area (Å²) in [5.41, 5.74) is 2.00. The smallest absolute Gasteiger partial charge is 0.306 e. The predicted molar refractivity (Wildman–Crippen MR) is 158 cm³/mol. The lowest BCUT2D eigenvalue weighted by molar-refractivity contribution is -0.162. The van der Waals surface area contributed by atoms with E-state index in [-0.39, 0.29) is 29.6 Å². The molecule has 0 aromatic rings. The van der Waals surface area contributed by atoms with Gasteiger partial charge in [-0.25, -0.2) is 0 Å². The standard InChI is InChI=1S/C35H58O4/c1-8-11-31(36)38-26-17-19-34(6)25(21-26)15-16-27-28(34)18-20-35(7)29(27)22-30(39-32(37)12-9-2)33(35)24(5)14-10-13-23(3)4/h14,23,25-30,33H,8-13,15-22H2,1-7H3/b24-14+/t25?,26-,27+,28-,29-,30-,33-,34-,35-/m0/s1. The summed E-state index contributed by atoms with van der Waals surface area (Å²) in [6.07, 6.45) is 17.0. The summed E-state index contributed by atoms with van der Waals surface area (Å²) in [4.78, 5) is 25.0. The minimum Gasteiger partial charge on any atom is -0.462 e. The molecule has 0 saturated heterocycles. The molecule has 0 aromatic heterocycles. The first-order chi connectivity index (χ1) is 18.5. The van der Waals surface area contributed by atoms with Crippen molar-refractivity contribution in [2.24, 2.45) is 46.3 Å². The molecule has 4 heteroatoms. The SMILES string of the molecule is CCCC(=O)O[C@H]1CC[C@@]2(C)C(CC[C@H]3[C@@H]4C[C@H](OC(=O)CCC)[C@H](/C(C)=C/CCC(C)C)[C@@]4(C)CC[C@@H]32)C1. The second-order valence-electron chi connectivity index (χ2n) is 14.7. The van der Waals surface area contributed by atoms with Crippen LogP contribution < -0.4 is 0 Å². The average molecular weight is 543 g/mol. The second kappa shape index (κ2) is 12.7. The normalized spacial score (nSPS) is 40.0. The van der Waals surface area contributed by atoms with Gasteiger partial charge in [-0.1, -0.05) is 53.2 Å². The van der Waals surface area contributed by atoms with Crippen molar-refractivity contribution in [1.82, 2.24) is 0 Å². The van der Waals surface area contributed by atoms with Gasteiger partial charge >= 0.3 is 11.9 Å². The van der Waals surface area contributed by atoms with Gasteiger partial charge in [0.05, 0.1) is 0 Å². The highest BCUT2D eigenvalue weighted by Gasteiger charge is 2.63. The number of carbonyl (C=O) groups excluding carboxylic acids is 2. The molecule has 0 amide bonds. The average Bonchev–Trinajstić information content (AvgIpc) is 3.16. The van der Waals surface area contributed by atoms with Crippen LogP contribution in [0.25, 0.3) is 0 Å². The Morgan fingerprint density at radius 3 is 2.21 bits per heavy atom. The maximum atomic E-state index is 12.8. The lowest BCUT2D eigenvalue weighted by Gasteiger charge is -2.61. The summed E-state index contributed by atoms with van der Waals surface area (Å²) in [7, 11) is 0. The van der Waals surface area contributed by atoms with E-state index in [1.54, 1.807) is 0 Å². The fourth-order valence-corrected chi connectivity index (χ4v) is 9.90. The Balaban J connectivity index is 1.53. The number of hydrogen-bond donors (Lipinski definition) is 0. The van der Waals surface area contributed by atoms with Crippen LogP contribution in [0.2, 0.25) is 0 Å². The molecule has 0 aliphatic heterocycles. The lowest BCUT2D eigenvalue weighted by atomic mass is 9.44. The van der Waals surface area contributed by atoms with E-state index in [1.807, 2.05) is 6.92 Å². The van der Waals surface area contributed by atoms with Crippen LogP contribution >= 0.6 is 0 Å². The van der Waals surface area contributed by atoms with E-state index < -0.39 is 0 Å². The summed E-state index contributed by atoms with van der Waals surface area (Å²) in [5.74, 6) is 3.75. The Kier molecular flexibility index (Phi) is 9.96. The zero-order chi connectivity index (χ0) is 28.4. The van der Waals surface area contributed by atoms with Crippen molar-refractivity contribution in [2.75, 3.05) is 0 Å². The van der Waals surface area contributed by atoms with Crippen molar-refractivity contribution in [2.45, 2.75) is 151 Å². The van der Waals surface area contributed by atoms with Crippen LogP contribution in [-0.2, 0) is 19.1 Å². The zero-order valence-corrected chi connectivity index (χ0v) is 26.2. The third kappa shape index (κ3) is 6.30. The number of ether oxygens (including phenoxy) is 2. The molecular formula is C35H58O4. The van der Waals surface area contributed by atoms with Crippen molar-refractivity contribution in [3.8, 4) is 0 Å². The number of hydrogen-bond acceptors (Lipinski definition) is 4. The summed E-state index contributed by atoms with van der Waals surface area (Å²) in [6.45, 7) is 16.1. The van der Waals surface area contributed by atoms with E-state index in [1.165, 1.54) is 44.1 Å². The third-order valence-electron chi connectivity index (χ3n) is 11.8. The highest BCUT2D eigenvalue weighted by molar-refractivity contribution is 5.70. The molecule has 0 spiro atoms. The van der Waals surface area contributed by atoms with Crippen molar-refractivity contribution < 1.29 is 19.1 Å². The Labute approximate surface area is 239 Å². The van der Waals surface area contributed by atoms with Gasteiger partial charge in [-0.15, -0.1) is 0 Å². The van der Waals surface area contributed by atoms with Gasteiger partial charge in [0.25, 0.3) is 0 Å². The van der Waals surface area contributed by atoms with Crippen molar-refractivity contribution >= 4 is 11.9 Å². The second-order valence-corrected chi connectivity index (χ2v) is 14.7. The van der Waals surface area contributed by atoms with Crippen LogP contribution in [0.15, 0.2) is 11.6 Å².